The summed E-state index contributed by atoms with van der Waals surface area (Å²) < 4.78 is 0. The number of β-lactam (4-membered cyclic amide) rings is 1. The second-order valence-electron chi connectivity index (χ2n) is 10.3. The Morgan fingerprint density at radius 3 is 2.58 bits per heavy atom. The number of nitrogens with one attached hydrogen (secondary N) is 3. The molecule has 0 radical (unpaired) electrons. The van der Waals surface area contributed by atoms with Crippen molar-refractivity contribution in [2.45, 2.75) is 24.4 Å². The molecule has 2 saturated heterocycles. The number of imidazole rings is 1. The van der Waals surface area contributed by atoms with Crippen LogP contribution in [0.4, 0.5) is 0 Å². The van der Waals surface area contributed by atoms with E-state index in [0.29, 0.717) is 36.2 Å². The van der Waals surface area contributed by atoms with Crippen molar-refractivity contribution in [1.82, 2.24) is 30.4 Å². The molecule has 0 bridgehead atoms. The maximum absolute atomic E-state index is 13.0. The molecule has 6 rings (SSSR count). The van der Waals surface area contributed by atoms with Gasteiger partial charge in [-0.2, -0.15) is 0 Å². The van der Waals surface area contributed by atoms with Gasteiger partial charge in [-0.05, 0) is 47.9 Å². The van der Waals surface area contributed by atoms with Crippen molar-refractivity contribution in [2.75, 3.05) is 18.8 Å². The maximum atomic E-state index is 13.0. The lowest BCUT2D eigenvalue weighted by Gasteiger charge is -2.49. The number of hydrogen-bond acceptors (Lipinski definition) is 8. The summed E-state index contributed by atoms with van der Waals surface area (Å²) in [6.45, 7) is 0.419. The number of phenols is 1. The van der Waals surface area contributed by atoms with Crippen LogP contribution in [0, 0.1) is 0 Å². The fraction of sp³-hybridized carbons (Fsp3) is 0.226. The number of aromatic amines is 1. The molecule has 0 spiro atoms. The Labute approximate surface area is 262 Å². The molecular weight excluding hydrogens is 600 g/mol. The van der Waals surface area contributed by atoms with E-state index in [9.17, 15) is 34.2 Å². The number of phenolic OH excluding ortho intramolecular Hbond substituents is 1. The van der Waals surface area contributed by atoms with E-state index in [2.05, 4.69) is 20.6 Å². The highest BCUT2D eigenvalue weighted by Gasteiger charge is 2.54. The van der Waals surface area contributed by atoms with Gasteiger partial charge in [-0.1, -0.05) is 30.3 Å². The first-order valence-electron chi connectivity index (χ1n) is 14.0. The molecule has 232 valence electrons. The Morgan fingerprint density at radius 1 is 1.11 bits per heavy atom. The SMILES string of the molecule is O=C(CNC(=O)c1ccccc1)N[C@@H]1C(=O)N2C(C(=O)O)=C(/C=C3\CCN(Cc4cccc(O)c4)C3=O)CS[C@H]12.c1c[nH]cn1. The number of fused-ring (bicyclic) bond motifs is 1. The fourth-order valence-corrected chi connectivity index (χ4v) is 6.39. The largest absolute Gasteiger partial charge is 0.508 e. The first-order valence-corrected chi connectivity index (χ1v) is 15.0. The van der Waals surface area contributed by atoms with E-state index in [1.54, 1.807) is 84.3 Å². The van der Waals surface area contributed by atoms with Crippen LogP contribution in [-0.2, 0) is 25.7 Å². The van der Waals surface area contributed by atoms with Crippen LogP contribution in [0.25, 0.3) is 0 Å². The highest BCUT2D eigenvalue weighted by molar-refractivity contribution is 8.00. The van der Waals surface area contributed by atoms with Gasteiger partial charge in [-0.3, -0.25) is 24.1 Å². The van der Waals surface area contributed by atoms with Crippen molar-refractivity contribution in [1.29, 1.82) is 0 Å². The number of carboxylic acids is 1. The number of thioether (sulfide) groups is 1. The van der Waals surface area contributed by atoms with Gasteiger partial charge in [0.15, 0.2) is 0 Å². The molecule has 4 amide bonds. The number of benzene rings is 2. The van der Waals surface area contributed by atoms with Crippen LogP contribution in [0.1, 0.15) is 22.3 Å². The number of nitrogens with zero attached hydrogens (tertiary/aromatic N) is 3. The van der Waals surface area contributed by atoms with Crippen molar-refractivity contribution in [3.8, 4) is 5.75 Å². The second-order valence-corrected chi connectivity index (χ2v) is 11.4. The number of allylic oxidation sites excluding steroid dienone is 1. The zero-order valence-corrected chi connectivity index (χ0v) is 24.7. The first-order chi connectivity index (χ1) is 21.7. The van der Waals surface area contributed by atoms with Crippen LogP contribution in [0.5, 0.6) is 5.75 Å². The summed E-state index contributed by atoms with van der Waals surface area (Å²) in [5, 5.41) is 24.1. The number of aromatic hydroxyl groups is 1. The van der Waals surface area contributed by atoms with E-state index < -0.39 is 35.1 Å². The van der Waals surface area contributed by atoms with Gasteiger partial charge in [-0.25, -0.2) is 9.78 Å². The summed E-state index contributed by atoms with van der Waals surface area (Å²) in [5.74, 6) is -2.76. The van der Waals surface area contributed by atoms with Gasteiger partial charge in [0, 0.05) is 42.4 Å². The molecule has 13 nitrogen and oxygen atoms in total. The smallest absolute Gasteiger partial charge is 0.352 e. The molecule has 3 aliphatic rings. The third-order valence-electron chi connectivity index (χ3n) is 7.21. The standard InChI is InChI=1S/C28H26N4O7S.C3H4N2/c33-20-8-4-5-16(11-20)14-31-10-9-18(25(31)36)12-19-15-40-27-22(26(37)32(27)23(19)28(38)39)30-21(34)13-29-24(35)17-6-2-1-3-7-17;1-2-5-3-4-1/h1-8,11-12,22,27,33H,9-10,13-15H2,(H,29,35)(H,30,34)(H,38,39);1-3H,(H,4,5)/b18-12+;/t22-,27-;/m1./s1. The number of hydrogen-bond donors (Lipinski definition) is 5. The van der Waals surface area contributed by atoms with E-state index in [-0.39, 0.29) is 29.7 Å². The van der Waals surface area contributed by atoms with E-state index in [4.69, 9.17) is 0 Å². The van der Waals surface area contributed by atoms with Crippen LogP contribution >= 0.6 is 11.8 Å². The molecule has 3 aliphatic heterocycles. The molecule has 14 heteroatoms. The van der Waals surface area contributed by atoms with Crippen LogP contribution in [0.2, 0.25) is 0 Å². The predicted octanol–water partition coefficient (Wildman–Crippen LogP) is 1.63. The molecule has 2 fully saturated rings. The molecule has 0 unspecified atom stereocenters. The third kappa shape index (κ3) is 7.24. The number of amides is 4. The van der Waals surface area contributed by atoms with Crippen molar-refractivity contribution in [3.05, 3.63) is 107 Å². The Balaban J connectivity index is 0.000000729. The van der Waals surface area contributed by atoms with Gasteiger partial charge in [0.25, 0.3) is 11.8 Å². The molecule has 4 heterocycles. The highest BCUT2D eigenvalue weighted by Crippen LogP contribution is 2.41. The molecule has 0 saturated carbocycles. The quantitative estimate of drug-likeness (QED) is 0.182. The third-order valence-corrected chi connectivity index (χ3v) is 8.52. The topological polar surface area (TPSA) is 185 Å². The number of aliphatic carboxylic acids is 1. The molecule has 2 atom stereocenters. The number of rotatable bonds is 8. The number of likely N-dealkylation sites (tertiary alicyclic amines) is 1. The number of carboxylic acid groups (broad SMARTS) is 1. The molecule has 45 heavy (non-hydrogen) atoms. The lowest BCUT2D eigenvalue weighted by atomic mass is 10.0. The van der Waals surface area contributed by atoms with Crippen molar-refractivity contribution in [2.24, 2.45) is 0 Å². The molecule has 3 aromatic rings. The lowest BCUT2D eigenvalue weighted by molar-refractivity contribution is -0.150. The monoisotopic (exact) mass is 630 g/mol. The van der Waals surface area contributed by atoms with Gasteiger partial charge in [-0.15, -0.1) is 11.8 Å². The minimum atomic E-state index is -1.30. The zero-order valence-electron chi connectivity index (χ0n) is 23.9. The van der Waals surface area contributed by atoms with E-state index in [1.165, 1.54) is 11.8 Å². The molecule has 2 aromatic carbocycles. The molecule has 1 aromatic heterocycles. The maximum Gasteiger partial charge on any atom is 0.352 e. The molecular formula is C31H30N6O7S. The summed E-state index contributed by atoms with van der Waals surface area (Å²) in [6.07, 6.45) is 7.05. The lowest BCUT2D eigenvalue weighted by Crippen LogP contribution is -2.71. The molecule has 0 aliphatic carbocycles. The summed E-state index contributed by atoms with van der Waals surface area (Å²) >= 11 is 1.29. The van der Waals surface area contributed by atoms with E-state index >= 15 is 0 Å². The van der Waals surface area contributed by atoms with Crippen LogP contribution in [0.15, 0.2) is 96.2 Å². The first kappa shape index (κ1) is 31.1. The Morgan fingerprint density at radius 2 is 1.91 bits per heavy atom. The van der Waals surface area contributed by atoms with E-state index in [0.717, 1.165) is 10.5 Å². The minimum absolute atomic E-state index is 0.107. The Bertz CT molecular complexity index is 1640. The fourth-order valence-electron chi connectivity index (χ4n) is 5.08. The van der Waals surface area contributed by atoms with Gasteiger partial charge in [0.2, 0.25) is 11.8 Å². The summed E-state index contributed by atoms with van der Waals surface area (Å²) in [5.41, 5.74) is 1.76. The average molecular weight is 631 g/mol. The van der Waals surface area contributed by atoms with Gasteiger partial charge in [0.05, 0.1) is 12.9 Å². The van der Waals surface area contributed by atoms with Gasteiger partial charge in [0.1, 0.15) is 22.9 Å². The van der Waals surface area contributed by atoms with E-state index in [1.807, 2.05) is 0 Å². The van der Waals surface area contributed by atoms with Crippen molar-refractivity contribution < 1.29 is 34.2 Å². The predicted molar refractivity (Wildman–Crippen MR) is 163 cm³/mol. The highest BCUT2D eigenvalue weighted by atomic mass is 32.2. The van der Waals surface area contributed by atoms with Gasteiger partial charge >= 0.3 is 5.97 Å². The summed E-state index contributed by atoms with van der Waals surface area (Å²) in [6, 6.07) is 14.1. The number of aromatic nitrogens is 2. The van der Waals surface area contributed by atoms with Crippen molar-refractivity contribution >= 4 is 41.4 Å². The van der Waals surface area contributed by atoms with Crippen LogP contribution in [0.3, 0.4) is 0 Å². The zero-order chi connectivity index (χ0) is 31.9. The summed E-state index contributed by atoms with van der Waals surface area (Å²) in [7, 11) is 0. The molecule has 5 N–H and O–H groups in total. The minimum Gasteiger partial charge on any atom is -0.508 e. The van der Waals surface area contributed by atoms with Crippen LogP contribution < -0.4 is 10.6 Å². The van der Waals surface area contributed by atoms with Gasteiger partial charge < -0.3 is 30.7 Å². The second kappa shape index (κ2) is 13.9. The number of carbonyl (C=O) groups is 5. The summed E-state index contributed by atoms with van der Waals surface area (Å²) in [4.78, 5) is 71.9. The average Bonchev–Trinajstić information content (AvgIpc) is 3.73. The Hall–Kier alpha value is -5.37. The normalized spacial score (nSPS) is 19.8. The number of H-pyrrole nitrogens is 1. The van der Waals surface area contributed by atoms with Crippen molar-refractivity contribution in [3.63, 3.8) is 0 Å². The number of carbonyl (C=O) groups excluding carboxylic acids is 4. The van der Waals surface area contributed by atoms with Crippen LogP contribution in [-0.4, -0.2) is 89.8 Å². The Kier molecular flexibility index (Phi) is 9.63.